The summed E-state index contributed by atoms with van der Waals surface area (Å²) < 4.78 is 5.41. The first-order valence-electron chi connectivity index (χ1n) is 6.69. The number of pyridine rings is 1. The maximum Gasteiger partial charge on any atom is 0.129 e. The molecular formula is C14H23N3O. The molecule has 0 aliphatic carbocycles. The molecule has 4 nitrogen and oxygen atoms in total. The summed E-state index contributed by atoms with van der Waals surface area (Å²) in [5, 5.41) is 3.36. The molecule has 1 atom stereocenters. The summed E-state index contributed by atoms with van der Waals surface area (Å²) in [5.41, 5.74) is 2.39. The molecule has 1 saturated heterocycles. The van der Waals surface area contributed by atoms with Gasteiger partial charge >= 0.3 is 0 Å². The first-order valence-corrected chi connectivity index (χ1v) is 6.69. The van der Waals surface area contributed by atoms with Gasteiger partial charge in [-0.3, -0.25) is 0 Å². The maximum absolute atomic E-state index is 5.41. The van der Waals surface area contributed by atoms with Gasteiger partial charge in [0.2, 0.25) is 0 Å². The molecule has 1 aliphatic heterocycles. The lowest BCUT2D eigenvalue weighted by Crippen LogP contribution is -2.23. The summed E-state index contributed by atoms with van der Waals surface area (Å²) in [4.78, 5) is 6.95. The monoisotopic (exact) mass is 249 g/mol. The number of rotatable bonds is 5. The molecule has 0 amide bonds. The third kappa shape index (κ3) is 3.21. The molecule has 2 rings (SSSR count). The average molecular weight is 249 g/mol. The molecule has 1 unspecified atom stereocenters. The van der Waals surface area contributed by atoms with Crippen LogP contribution in [0.5, 0.6) is 0 Å². The Balaban J connectivity index is 2.10. The van der Waals surface area contributed by atoms with Gasteiger partial charge in [0.15, 0.2) is 0 Å². The van der Waals surface area contributed by atoms with Crippen LogP contribution in [0.25, 0.3) is 0 Å². The Morgan fingerprint density at radius 2 is 2.33 bits per heavy atom. The quantitative estimate of drug-likeness (QED) is 0.862. The average Bonchev–Trinajstić information content (AvgIpc) is 2.84. The van der Waals surface area contributed by atoms with E-state index >= 15 is 0 Å². The van der Waals surface area contributed by atoms with Crippen molar-refractivity contribution in [3.63, 3.8) is 0 Å². The van der Waals surface area contributed by atoms with Crippen molar-refractivity contribution in [3.8, 4) is 0 Å². The second kappa shape index (κ2) is 6.16. The van der Waals surface area contributed by atoms with E-state index in [4.69, 9.17) is 4.74 Å². The summed E-state index contributed by atoms with van der Waals surface area (Å²) in [7, 11) is 1.79. The lowest BCUT2D eigenvalue weighted by molar-refractivity contribution is 0.121. The Hall–Kier alpha value is -1.13. The van der Waals surface area contributed by atoms with Crippen LogP contribution in [-0.2, 0) is 11.3 Å². The molecule has 0 radical (unpaired) electrons. The molecule has 100 valence electrons. The van der Waals surface area contributed by atoms with Gasteiger partial charge in [-0.25, -0.2) is 4.98 Å². The highest BCUT2D eigenvalue weighted by Gasteiger charge is 2.23. The lowest BCUT2D eigenvalue weighted by Gasteiger charge is -2.18. The highest BCUT2D eigenvalue weighted by Crippen LogP contribution is 2.21. The molecule has 0 saturated carbocycles. The van der Waals surface area contributed by atoms with Gasteiger partial charge in [-0.1, -0.05) is 6.92 Å². The van der Waals surface area contributed by atoms with Gasteiger partial charge in [0.1, 0.15) is 5.82 Å². The summed E-state index contributed by atoms with van der Waals surface area (Å²) in [6, 6.07) is 4.34. The standard InChI is InChI=1S/C14H23N3O/c1-4-15-9-12-7-11(2)16-14(8-12)17-6-5-13(10-17)18-3/h7-8,13,15H,4-6,9-10H2,1-3H3. The van der Waals surface area contributed by atoms with Gasteiger partial charge < -0.3 is 15.0 Å². The van der Waals surface area contributed by atoms with Crippen molar-refractivity contribution < 1.29 is 4.74 Å². The lowest BCUT2D eigenvalue weighted by atomic mass is 10.2. The molecule has 4 heteroatoms. The highest BCUT2D eigenvalue weighted by molar-refractivity contribution is 5.44. The van der Waals surface area contributed by atoms with E-state index in [2.05, 4.69) is 41.2 Å². The number of nitrogens with one attached hydrogen (secondary N) is 1. The number of aryl methyl sites for hydroxylation is 1. The van der Waals surface area contributed by atoms with Crippen LogP contribution in [0.3, 0.4) is 0 Å². The van der Waals surface area contributed by atoms with Crippen molar-refractivity contribution in [2.24, 2.45) is 0 Å². The molecular weight excluding hydrogens is 226 g/mol. The number of methoxy groups -OCH3 is 1. The van der Waals surface area contributed by atoms with E-state index in [9.17, 15) is 0 Å². The zero-order valence-electron chi connectivity index (χ0n) is 11.6. The zero-order chi connectivity index (χ0) is 13.0. The third-order valence-electron chi connectivity index (χ3n) is 3.38. The molecule has 1 aromatic rings. The zero-order valence-corrected chi connectivity index (χ0v) is 11.6. The molecule has 1 aromatic heterocycles. The van der Waals surface area contributed by atoms with Crippen LogP contribution in [0.2, 0.25) is 0 Å². The second-order valence-corrected chi connectivity index (χ2v) is 4.85. The summed E-state index contributed by atoms with van der Waals surface area (Å²) >= 11 is 0. The minimum Gasteiger partial charge on any atom is -0.380 e. The molecule has 18 heavy (non-hydrogen) atoms. The molecule has 0 spiro atoms. The van der Waals surface area contributed by atoms with Gasteiger partial charge in [-0.2, -0.15) is 0 Å². The Morgan fingerprint density at radius 1 is 1.50 bits per heavy atom. The number of nitrogens with zero attached hydrogens (tertiary/aromatic N) is 2. The van der Waals surface area contributed by atoms with Gasteiger partial charge in [0.05, 0.1) is 6.10 Å². The van der Waals surface area contributed by atoms with E-state index in [-0.39, 0.29) is 0 Å². The normalized spacial score (nSPS) is 19.5. The van der Waals surface area contributed by atoms with Gasteiger partial charge in [0, 0.05) is 32.4 Å². The van der Waals surface area contributed by atoms with Crippen LogP contribution in [0, 0.1) is 6.92 Å². The summed E-state index contributed by atoms with van der Waals surface area (Å²) in [5.74, 6) is 1.09. The van der Waals surface area contributed by atoms with Crippen molar-refractivity contribution in [2.75, 3.05) is 31.6 Å². The van der Waals surface area contributed by atoms with Crippen LogP contribution in [0.15, 0.2) is 12.1 Å². The van der Waals surface area contributed by atoms with Crippen LogP contribution < -0.4 is 10.2 Å². The molecule has 0 aromatic carbocycles. The summed E-state index contributed by atoms with van der Waals surface area (Å²) in [6.07, 6.45) is 1.44. The van der Waals surface area contributed by atoms with Crippen molar-refractivity contribution in [1.82, 2.24) is 10.3 Å². The second-order valence-electron chi connectivity index (χ2n) is 4.85. The van der Waals surface area contributed by atoms with E-state index in [1.54, 1.807) is 7.11 Å². The Labute approximate surface area is 109 Å². The minimum atomic E-state index is 0.351. The van der Waals surface area contributed by atoms with Gasteiger partial charge in [0.25, 0.3) is 0 Å². The van der Waals surface area contributed by atoms with E-state index in [1.807, 2.05) is 0 Å². The third-order valence-corrected chi connectivity index (χ3v) is 3.38. The molecule has 0 bridgehead atoms. The number of ether oxygens (including phenoxy) is 1. The first kappa shape index (κ1) is 13.3. The van der Waals surface area contributed by atoms with E-state index in [0.29, 0.717) is 6.10 Å². The van der Waals surface area contributed by atoms with Crippen LogP contribution >= 0.6 is 0 Å². The van der Waals surface area contributed by atoms with Crippen molar-refractivity contribution in [2.45, 2.75) is 32.9 Å². The van der Waals surface area contributed by atoms with E-state index in [1.165, 1.54) is 5.56 Å². The SMILES string of the molecule is CCNCc1cc(C)nc(N2CCC(OC)C2)c1. The Bertz CT molecular complexity index is 395. The predicted molar refractivity (Wildman–Crippen MR) is 74.0 cm³/mol. The molecule has 1 fully saturated rings. The van der Waals surface area contributed by atoms with E-state index in [0.717, 1.165) is 44.1 Å². The number of hydrogen-bond acceptors (Lipinski definition) is 4. The fourth-order valence-electron chi connectivity index (χ4n) is 2.38. The largest absolute Gasteiger partial charge is 0.380 e. The molecule has 1 aliphatic rings. The molecule has 2 heterocycles. The van der Waals surface area contributed by atoms with Crippen molar-refractivity contribution >= 4 is 5.82 Å². The Kier molecular flexibility index (Phi) is 4.55. The van der Waals surface area contributed by atoms with Gasteiger partial charge in [-0.15, -0.1) is 0 Å². The number of aromatic nitrogens is 1. The van der Waals surface area contributed by atoms with Crippen LogP contribution in [-0.4, -0.2) is 37.8 Å². The van der Waals surface area contributed by atoms with Crippen molar-refractivity contribution in [1.29, 1.82) is 0 Å². The Morgan fingerprint density at radius 3 is 3.00 bits per heavy atom. The van der Waals surface area contributed by atoms with Crippen LogP contribution in [0.1, 0.15) is 24.6 Å². The fraction of sp³-hybridized carbons (Fsp3) is 0.643. The predicted octanol–water partition coefficient (Wildman–Crippen LogP) is 1.72. The summed E-state index contributed by atoms with van der Waals surface area (Å²) in [6.45, 7) is 8.07. The van der Waals surface area contributed by atoms with Crippen LogP contribution in [0.4, 0.5) is 5.82 Å². The minimum absolute atomic E-state index is 0.351. The maximum atomic E-state index is 5.41. The smallest absolute Gasteiger partial charge is 0.129 e. The first-order chi connectivity index (χ1) is 8.72. The number of anilines is 1. The van der Waals surface area contributed by atoms with E-state index < -0.39 is 0 Å². The molecule has 1 N–H and O–H groups in total. The van der Waals surface area contributed by atoms with Crippen molar-refractivity contribution in [3.05, 3.63) is 23.4 Å². The topological polar surface area (TPSA) is 37.4 Å². The highest BCUT2D eigenvalue weighted by atomic mass is 16.5. The van der Waals surface area contributed by atoms with Gasteiger partial charge in [-0.05, 0) is 37.6 Å². The fourth-order valence-corrected chi connectivity index (χ4v) is 2.38. The number of hydrogen-bond donors (Lipinski definition) is 1.